The monoisotopic (exact) mass is 371 g/mol. The molecule has 0 aromatic rings. The molecule has 5 N–H and O–H groups in total. The molecular formula is C15H24BN2O6S. The molecule has 4 atom stereocenters. The Morgan fingerprint density at radius 1 is 1.56 bits per heavy atom. The molecule has 10 heteroatoms. The molecule has 1 radical (unpaired) electrons. The zero-order valence-electron chi connectivity index (χ0n) is 14.0. The number of aliphatic hydroxyl groups is 1. The molecule has 1 saturated heterocycles. The summed E-state index contributed by atoms with van der Waals surface area (Å²) in [6.07, 6.45) is 2.23. The van der Waals surface area contributed by atoms with Crippen molar-refractivity contribution in [3.8, 4) is 0 Å². The highest BCUT2D eigenvalue weighted by Gasteiger charge is 2.38. The van der Waals surface area contributed by atoms with Crippen LogP contribution in [0.25, 0.3) is 0 Å². The fourth-order valence-corrected chi connectivity index (χ4v) is 3.16. The van der Waals surface area contributed by atoms with Crippen molar-refractivity contribution in [2.24, 2.45) is 11.7 Å². The van der Waals surface area contributed by atoms with E-state index in [1.54, 1.807) is 11.0 Å². The van der Waals surface area contributed by atoms with Crippen molar-refractivity contribution in [2.45, 2.75) is 37.8 Å². The molecule has 2 rings (SSSR count). The van der Waals surface area contributed by atoms with Crippen LogP contribution in [0, 0.1) is 5.92 Å². The summed E-state index contributed by atoms with van der Waals surface area (Å²) >= 11 is 4.06. The van der Waals surface area contributed by atoms with Crippen molar-refractivity contribution in [1.82, 2.24) is 4.90 Å². The Hall–Kier alpha value is -1.04. The number of hydrogen-bond acceptors (Lipinski definition) is 8. The average molecular weight is 371 g/mol. The van der Waals surface area contributed by atoms with Crippen LogP contribution in [0.4, 0.5) is 0 Å². The van der Waals surface area contributed by atoms with E-state index in [9.17, 15) is 15.0 Å². The van der Waals surface area contributed by atoms with Crippen LogP contribution in [0.2, 0.25) is 0 Å². The lowest BCUT2D eigenvalue weighted by Crippen LogP contribution is -2.61. The Balaban J connectivity index is 2.06. The largest absolute Gasteiger partial charge is 0.487 e. The van der Waals surface area contributed by atoms with Gasteiger partial charge >= 0.3 is 13.7 Å². The zero-order valence-corrected chi connectivity index (χ0v) is 14.9. The molecule has 0 aromatic heterocycles. The van der Waals surface area contributed by atoms with Gasteiger partial charge < -0.3 is 30.4 Å². The summed E-state index contributed by atoms with van der Waals surface area (Å²) in [5.41, 5.74) is 5.73. The zero-order chi connectivity index (χ0) is 18.6. The summed E-state index contributed by atoms with van der Waals surface area (Å²) in [7, 11) is 0.507. The summed E-state index contributed by atoms with van der Waals surface area (Å²) in [6.45, 7) is 2.77. The van der Waals surface area contributed by atoms with Crippen LogP contribution in [0.3, 0.4) is 0 Å². The van der Waals surface area contributed by atoms with E-state index in [0.717, 1.165) is 0 Å². The van der Waals surface area contributed by atoms with Crippen LogP contribution < -0.4 is 5.73 Å². The number of carbonyl (C=O) groups is 1. The Bertz CT molecular complexity index is 540. The Labute approximate surface area is 153 Å². The van der Waals surface area contributed by atoms with Gasteiger partial charge in [0.15, 0.2) is 0 Å². The molecule has 0 spiro atoms. The first-order valence-electron chi connectivity index (χ1n) is 8.15. The van der Waals surface area contributed by atoms with Crippen molar-refractivity contribution in [2.75, 3.05) is 18.8 Å². The fraction of sp³-hybridized carbons (Fsp3) is 0.667. The van der Waals surface area contributed by atoms with E-state index in [-0.39, 0.29) is 23.4 Å². The Morgan fingerprint density at radius 3 is 2.76 bits per heavy atom. The number of ether oxygens (including phenoxy) is 1. The first-order chi connectivity index (χ1) is 11.9. The number of nitrogens with two attached hydrogens (primary N) is 1. The lowest BCUT2D eigenvalue weighted by atomic mass is 9.87. The minimum Gasteiger partial charge on any atom is -0.487 e. The number of nitrogens with zero attached hydrogens (tertiary/aromatic N) is 1. The minimum absolute atomic E-state index is 0.0225. The van der Waals surface area contributed by atoms with E-state index in [4.69, 9.17) is 20.1 Å². The highest BCUT2D eigenvalue weighted by molar-refractivity contribution is 7.80. The molecule has 0 bridgehead atoms. The molecule has 25 heavy (non-hydrogen) atoms. The van der Waals surface area contributed by atoms with E-state index in [0.29, 0.717) is 32.9 Å². The number of aliphatic carboxylic acids is 1. The van der Waals surface area contributed by atoms with Gasteiger partial charge in [0.25, 0.3) is 0 Å². The third-order valence-corrected chi connectivity index (χ3v) is 4.90. The lowest BCUT2D eigenvalue weighted by molar-refractivity contribution is -0.135. The maximum Gasteiger partial charge on any atom is 0.485 e. The number of rotatable bonds is 9. The number of carboxylic acid groups (broad SMARTS) is 1. The quantitative estimate of drug-likeness (QED) is 0.261. The van der Waals surface area contributed by atoms with Crippen LogP contribution in [0.15, 0.2) is 23.5 Å². The van der Waals surface area contributed by atoms with E-state index in [1.807, 2.05) is 13.0 Å². The van der Waals surface area contributed by atoms with Crippen LogP contribution in [-0.2, 0) is 14.2 Å². The number of hydrogen-bond donors (Lipinski definition) is 5. The molecule has 1 aliphatic carbocycles. The predicted molar refractivity (Wildman–Crippen MR) is 94.7 cm³/mol. The Morgan fingerprint density at radius 2 is 2.24 bits per heavy atom. The molecule has 8 nitrogen and oxygen atoms in total. The topological polar surface area (TPSA) is 125 Å². The molecule has 1 fully saturated rings. The maximum atomic E-state index is 11.7. The molecule has 0 amide bonds. The van der Waals surface area contributed by atoms with E-state index in [2.05, 4.69) is 12.6 Å². The van der Waals surface area contributed by atoms with Crippen molar-refractivity contribution >= 4 is 26.3 Å². The van der Waals surface area contributed by atoms with Crippen molar-refractivity contribution in [3.05, 3.63) is 23.5 Å². The smallest absolute Gasteiger partial charge is 0.485 e. The standard InChI is InChI=1S/C15H24BN2O6S/c1-2-8-3-4-11(12(15(20)21)13(8)24-16-22)23-9-5-18(6-9)14(19)10(17)7-25/h3-4,8-10,13-14,19,22,25H,2,5-7,17H2,1H3,(H,20,21). The van der Waals surface area contributed by atoms with Crippen LogP contribution in [-0.4, -0.2) is 77.1 Å². The predicted octanol–water partition coefficient (Wildman–Crippen LogP) is -0.891. The second kappa shape index (κ2) is 9.06. The number of allylic oxidation sites excluding steroid dienone is 1. The molecule has 0 aromatic carbocycles. The maximum absolute atomic E-state index is 11.7. The fourth-order valence-electron chi connectivity index (χ4n) is 2.98. The summed E-state index contributed by atoms with van der Waals surface area (Å²) in [5.74, 6) is -0.760. The van der Waals surface area contributed by atoms with Crippen molar-refractivity contribution < 1.29 is 29.4 Å². The van der Waals surface area contributed by atoms with Gasteiger partial charge in [0, 0.05) is 24.8 Å². The van der Waals surface area contributed by atoms with E-state index >= 15 is 0 Å². The van der Waals surface area contributed by atoms with Gasteiger partial charge in [-0.3, -0.25) is 4.90 Å². The molecule has 139 valence electrons. The normalized spacial score (nSPS) is 26.9. The number of likely N-dealkylation sites (tertiary alicyclic amines) is 1. The SMILES string of the molecule is CCC1C=CC(OC2CN(C(O)C(N)CS)C2)=C(C(=O)O)C1O[B]O. The third-order valence-electron chi connectivity index (χ3n) is 4.48. The summed E-state index contributed by atoms with van der Waals surface area (Å²) in [5, 5.41) is 28.5. The van der Waals surface area contributed by atoms with Gasteiger partial charge in [-0.15, -0.1) is 0 Å². The molecule has 1 aliphatic heterocycles. The molecule has 4 unspecified atom stereocenters. The second-order valence-electron chi connectivity index (χ2n) is 6.13. The molecule has 2 aliphatic rings. The van der Waals surface area contributed by atoms with Crippen molar-refractivity contribution in [3.63, 3.8) is 0 Å². The minimum atomic E-state index is -1.15. The third kappa shape index (κ3) is 4.58. The van der Waals surface area contributed by atoms with E-state index in [1.165, 1.54) is 0 Å². The number of aliphatic hydroxyl groups excluding tert-OH is 1. The Kier molecular flexibility index (Phi) is 7.35. The van der Waals surface area contributed by atoms with Crippen LogP contribution in [0.5, 0.6) is 0 Å². The molecule has 1 heterocycles. The van der Waals surface area contributed by atoms with Gasteiger partial charge in [-0.25, -0.2) is 4.79 Å². The summed E-state index contributed by atoms with van der Waals surface area (Å²) in [4.78, 5) is 13.4. The lowest BCUT2D eigenvalue weighted by Gasteiger charge is -2.44. The highest BCUT2D eigenvalue weighted by Crippen LogP contribution is 2.31. The van der Waals surface area contributed by atoms with Crippen molar-refractivity contribution in [1.29, 1.82) is 0 Å². The molecular weight excluding hydrogens is 347 g/mol. The molecule has 0 saturated carbocycles. The van der Waals surface area contributed by atoms with Gasteiger partial charge in [-0.2, -0.15) is 12.6 Å². The van der Waals surface area contributed by atoms with Gasteiger partial charge in [-0.05, 0) is 12.5 Å². The van der Waals surface area contributed by atoms with Crippen LogP contribution in [0.1, 0.15) is 13.3 Å². The van der Waals surface area contributed by atoms with Gasteiger partial charge in [0.1, 0.15) is 23.7 Å². The number of thiol groups is 1. The highest BCUT2D eigenvalue weighted by atomic mass is 32.1. The summed E-state index contributed by atoms with van der Waals surface area (Å²) in [6, 6.07) is -0.462. The second-order valence-corrected chi connectivity index (χ2v) is 6.50. The first-order valence-corrected chi connectivity index (χ1v) is 8.78. The van der Waals surface area contributed by atoms with Gasteiger partial charge in [0.2, 0.25) is 0 Å². The van der Waals surface area contributed by atoms with Gasteiger partial charge in [-0.1, -0.05) is 13.0 Å². The van der Waals surface area contributed by atoms with Gasteiger partial charge in [0.05, 0.1) is 12.1 Å². The first kappa shape index (κ1) is 20.3. The summed E-state index contributed by atoms with van der Waals surface area (Å²) < 4.78 is 10.9. The number of carboxylic acids is 1. The average Bonchev–Trinajstić information content (AvgIpc) is 2.56. The van der Waals surface area contributed by atoms with E-state index < -0.39 is 24.3 Å². The van der Waals surface area contributed by atoms with Crippen LogP contribution >= 0.6 is 12.6 Å².